The standard InChI is InChI=1S/C13H28N2O2/c1-3-12(4-2)13(16)11-14-5-6-15-7-9-17-10-8-15/h12-14,16H,3-11H2,1-2H3. The number of aliphatic hydroxyl groups excluding tert-OH is 1. The zero-order valence-electron chi connectivity index (χ0n) is 11.3. The molecule has 0 aromatic carbocycles. The molecular weight excluding hydrogens is 216 g/mol. The third kappa shape index (κ3) is 5.82. The average Bonchev–Trinajstić information content (AvgIpc) is 2.37. The van der Waals surface area contributed by atoms with E-state index in [-0.39, 0.29) is 6.10 Å². The summed E-state index contributed by atoms with van der Waals surface area (Å²) in [6.45, 7) is 10.8. The topological polar surface area (TPSA) is 44.7 Å². The van der Waals surface area contributed by atoms with Crippen molar-refractivity contribution in [3.05, 3.63) is 0 Å². The van der Waals surface area contributed by atoms with Gasteiger partial charge in [0.1, 0.15) is 0 Å². The van der Waals surface area contributed by atoms with E-state index >= 15 is 0 Å². The number of hydrogen-bond acceptors (Lipinski definition) is 4. The number of hydrogen-bond donors (Lipinski definition) is 2. The minimum Gasteiger partial charge on any atom is -0.392 e. The van der Waals surface area contributed by atoms with Gasteiger partial charge in [0.25, 0.3) is 0 Å². The molecule has 4 heteroatoms. The summed E-state index contributed by atoms with van der Waals surface area (Å²) in [4.78, 5) is 2.40. The van der Waals surface area contributed by atoms with Gasteiger partial charge in [-0.05, 0) is 5.92 Å². The maximum absolute atomic E-state index is 9.95. The second-order valence-corrected chi connectivity index (χ2v) is 4.80. The van der Waals surface area contributed by atoms with Gasteiger partial charge in [-0.2, -0.15) is 0 Å². The molecule has 0 bridgehead atoms. The molecule has 0 radical (unpaired) electrons. The number of nitrogens with zero attached hydrogens (tertiary/aromatic N) is 1. The number of rotatable bonds is 8. The fourth-order valence-corrected chi connectivity index (χ4v) is 2.31. The molecule has 1 aliphatic rings. The molecule has 1 aliphatic heterocycles. The van der Waals surface area contributed by atoms with Gasteiger partial charge in [-0.3, -0.25) is 4.90 Å². The average molecular weight is 244 g/mol. The molecule has 0 spiro atoms. The second kappa shape index (κ2) is 8.86. The first-order valence-electron chi connectivity index (χ1n) is 6.96. The predicted octanol–water partition coefficient (Wildman–Crippen LogP) is 0.705. The van der Waals surface area contributed by atoms with Crippen molar-refractivity contribution in [1.82, 2.24) is 10.2 Å². The Morgan fingerprint density at radius 2 is 1.88 bits per heavy atom. The van der Waals surface area contributed by atoms with Gasteiger partial charge >= 0.3 is 0 Å². The van der Waals surface area contributed by atoms with Crippen molar-refractivity contribution >= 4 is 0 Å². The van der Waals surface area contributed by atoms with E-state index in [4.69, 9.17) is 4.74 Å². The van der Waals surface area contributed by atoms with Crippen LogP contribution >= 0.6 is 0 Å². The molecule has 1 unspecified atom stereocenters. The van der Waals surface area contributed by atoms with Gasteiger partial charge in [0.15, 0.2) is 0 Å². The maximum Gasteiger partial charge on any atom is 0.0692 e. The Bertz CT molecular complexity index is 180. The molecule has 0 amide bonds. The Morgan fingerprint density at radius 3 is 2.47 bits per heavy atom. The van der Waals surface area contributed by atoms with Gasteiger partial charge < -0.3 is 15.2 Å². The Hall–Kier alpha value is -0.160. The van der Waals surface area contributed by atoms with Crippen molar-refractivity contribution in [3.63, 3.8) is 0 Å². The molecule has 1 atom stereocenters. The third-order valence-electron chi connectivity index (χ3n) is 3.65. The quantitative estimate of drug-likeness (QED) is 0.617. The molecule has 1 fully saturated rings. The highest BCUT2D eigenvalue weighted by molar-refractivity contribution is 4.70. The van der Waals surface area contributed by atoms with Crippen molar-refractivity contribution in [2.45, 2.75) is 32.8 Å². The highest BCUT2D eigenvalue weighted by atomic mass is 16.5. The summed E-state index contributed by atoms with van der Waals surface area (Å²) in [6, 6.07) is 0. The first kappa shape index (κ1) is 14.9. The summed E-state index contributed by atoms with van der Waals surface area (Å²) in [6.07, 6.45) is 1.92. The summed E-state index contributed by atoms with van der Waals surface area (Å²) >= 11 is 0. The van der Waals surface area contributed by atoms with E-state index in [0.29, 0.717) is 5.92 Å². The van der Waals surface area contributed by atoms with E-state index in [1.165, 1.54) is 0 Å². The van der Waals surface area contributed by atoms with Crippen molar-refractivity contribution in [2.75, 3.05) is 45.9 Å². The summed E-state index contributed by atoms with van der Waals surface area (Å²) in [7, 11) is 0. The first-order chi connectivity index (χ1) is 8.27. The molecule has 1 saturated heterocycles. The Morgan fingerprint density at radius 1 is 1.24 bits per heavy atom. The third-order valence-corrected chi connectivity index (χ3v) is 3.65. The summed E-state index contributed by atoms with van der Waals surface area (Å²) in [5.41, 5.74) is 0. The van der Waals surface area contributed by atoms with Crippen LogP contribution in [0.2, 0.25) is 0 Å². The van der Waals surface area contributed by atoms with E-state index in [0.717, 1.165) is 58.8 Å². The normalized spacial score (nSPS) is 19.8. The lowest BCUT2D eigenvalue weighted by molar-refractivity contribution is 0.0374. The minimum atomic E-state index is -0.199. The predicted molar refractivity (Wildman–Crippen MR) is 70.2 cm³/mol. The first-order valence-corrected chi connectivity index (χ1v) is 6.96. The lowest BCUT2D eigenvalue weighted by Gasteiger charge is -2.27. The molecule has 1 heterocycles. The molecule has 0 aromatic rings. The van der Waals surface area contributed by atoms with Crippen LogP contribution in [-0.2, 0) is 4.74 Å². The molecule has 0 saturated carbocycles. The van der Waals surface area contributed by atoms with Crippen LogP contribution in [0.3, 0.4) is 0 Å². The van der Waals surface area contributed by atoms with E-state index < -0.39 is 0 Å². The number of nitrogens with one attached hydrogen (secondary N) is 1. The molecule has 2 N–H and O–H groups in total. The van der Waals surface area contributed by atoms with Gasteiger partial charge in [0.05, 0.1) is 19.3 Å². The fraction of sp³-hybridized carbons (Fsp3) is 1.00. The maximum atomic E-state index is 9.95. The van der Waals surface area contributed by atoms with E-state index in [1.54, 1.807) is 0 Å². The van der Waals surface area contributed by atoms with Gasteiger partial charge in [-0.25, -0.2) is 0 Å². The zero-order valence-corrected chi connectivity index (χ0v) is 11.3. The monoisotopic (exact) mass is 244 g/mol. The largest absolute Gasteiger partial charge is 0.392 e. The zero-order chi connectivity index (χ0) is 12.5. The summed E-state index contributed by atoms with van der Waals surface area (Å²) < 4.78 is 5.30. The Labute approximate surface area is 105 Å². The van der Waals surface area contributed by atoms with Crippen molar-refractivity contribution in [2.24, 2.45) is 5.92 Å². The lowest BCUT2D eigenvalue weighted by Crippen LogP contribution is -2.42. The Kier molecular flexibility index (Phi) is 7.77. The lowest BCUT2D eigenvalue weighted by atomic mass is 9.97. The van der Waals surface area contributed by atoms with Gasteiger partial charge in [0.2, 0.25) is 0 Å². The van der Waals surface area contributed by atoms with Crippen LogP contribution in [-0.4, -0.2) is 62.0 Å². The summed E-state index contributed by atoms with van der Waals surface area (Å²) in [5.74, 6) is 0.436. The minimum absolute atomic E-state index is 0.199. The van der Waals surface area contributed by atoms with Crippen LogP contribution in [0, 0.1) is 5.92 Å². The molecule has 4 nitrogen and oxygen atoms in total. The van der Waals surface area contributed by atoms with Gasteiger partial charge in [-0.1, -0.05) is 26.7 Å². The highest BCUT2D eigenvalue weighted by Gasteiger charge is 2.15. The smallest absolute Gasteiger partial charge is 0.0692 e. The van der Waals surface area contributed by atoms with Crippen molar-refractivity contribution < 1.29 is 9.84 Å². The molecule has 0 aliphatic carbocycles. The van der Waals surface area contributed by atoms with Crippen LogP contribution in [0.5, 0.6) is 0 Å². The Balaban J connectivity index is 2.02. The van der Waals surface area contributed by atoms with Crippen molar-refractivity contribution in [1.29, 1.82) is 0 Å². The van der Waals surface area contributed by atoms with Crippen LogP contribution < -0.4 is 5.32 Å². The van der Waals surface area contributed by atoms with Gasteiger partial charge in [0, 0.05) is 32.7 Å². The van der Waals surface area contributed by atoms with E-state index in [1.807, 2.05) is 0 Å². The SMILES string of the molecule is CCC(CC)C(O)CNCCN1CCOCC1. The van der Waals surface area contributed by atoms with Crippen LogP contribution in [0.1, 0.15) is 26.7 Å². The fourth-order valence-electron chi connectivity index (χ4n) is 2.31. The summed E-state index contributed by atoms with van der Waals surface area (Å²) in [5, 5.41) is 13.3. The number of aliphatic hydroxyl groups is 1. The highest BCUT2D eigenvalue weighted by Crippen LogP contribution is 2.11. The molecule has 17 heavy (non-hydrogen) atoms. The number of ether oxygens (including phenoxy) is 1. The van der Waals surface area contributed by atoms with Crippen LogP contribution in [0.25, 0.3) is 0 Å². The van der Waals surface area contributed by atoms with Gasteiger partial charge in [-0.15, -0.1) is 0 Å². The van der Waals surface area contributed by atoms with Crippen molar-refractivity contribution in [3.8, 4) is 0 Å². The van der Waals surface area contributed by atoms with Crippen LogP contribution in [0.4, 0.5) is 0 Å². The second-order valence-electron chi connectivity index (χ2n) is 4.80. The van der Waals surface area contributed by atoms with E-state index in [9.17, 15) is 5.11 Å². The molecular formula is C13H28N2O2. The molecule has 102 valence electrons. The van der Waals surface area contributed by atoms with E-state index in [2.05, 4.69) is 24.1 Å². The molecule has 0 aromatic heterocycles. The van der Waals surface area contributed by atoms with Crippen LogP contribution in [0.15, 0.2) is 0 Å². The number of morpholine rings is 1. The molecule has 1 rings (SSSR count).